The zero-order valence-corrected chi connectivity index (χ0v) is 7.78. The third-order valence-electron chi connectivity index (χ3n) is 2.07. The summed E-state index contributed by atoms with van der Waals surface area (Å²) in [5.41, 5.74) is 1.71. The molecule has 0 bridgehead atoms. The van der Waals surface area contributed by atoms with Crippen molar-refractivity contribution in [2.75, 3.05) is 0 Å². The Morgan fingerprint density at radius 3 is 3.20 bits per heavy atom. The molecule has 0 radical (unpaired) electrons. The predicted octanol–water partition coefficient (Wildman–Crippen LogP) is 3.14. The van der Waals surface area contributed by atoms with Crippen LogP contribution in [0.25, 0.3) is 0 Å². The van der Waals surface area contributed by atoms with E-state index in [-0.39, 0.29) is 0 Å². The summed E-state index contributed by atoms with van der Waals surface area (Å²) in [6.45, 7) is 2.26. The van der Waals surface area contributed by atoms with Gasteiger partial charge >= 0.3 is 0 Å². The molecule has 0 amide bonds. The van der Waals surface area contributed by atoms with Crippen LogP contribution in [0.4, 0.5) is 0 Å². The van der Waals surface area contributed by atoms with Gasteiger partial charge in [0.1, 0.15) is 0 Å². The van der Waals surface area contributed by atoms with Crippen molar-refractivity contribution in [3.63, 3.8) is 0 Å². The van der Waals surface area contributed by atoms with Crippen LogP contribution in [0, 0.1) is 0 Å². The maximum absolute atomic E-state index is 2.26. The summed E-state index contributed by atoms with van der Waals surface area (Å²) in [5.74, 6) is 0. The lowest BCUT2D eigenvalue weighted by atomic mass is 10.2. The second-order valence-corrected chi connectivity index (χ2v) is 5.02. The van der Waals surface area contributed by atoms with Crippen LogP contribution in [-0.2, 0) is 19.3 Å². The van der Waals surface area contributed by atoms with Crippen LogP contribution in [0.3, 0.4) is 0 Å². The van der Waals surface area contributed by atoms with Gasteiger partial charge in [0.05, 0.1) is 4.88 Å². The highest BCUT2D eigenvalue weighted by molar-refractivity contribution is 7.69. The quantitative estimate of drug-likeness (QED) is 0.450. The van der Waals surface area contributed by atoms with E-state index in [0.717, 1.165) is 0 Å². The SMILES string of the molecule is CCc1[s+]sc2c1CCC2. The van der Waals surface area contributed by atoms with E-state index in [1.165, 1.54) is 25.7 Å². The zero-order chi connectivity index (χ0) is 6.97. The molecule has 0 spiro atoms. The normalized spacial score (nSPS) is 15.7. The lowest BCUT2D eigenvalue weighted by Crippen LogP contribution is -1.80. The van der Waals surface area contributed by atoms with Gasteiger partial charge in [-0.25, -0.2) is 0 Å². The number of rotatable bonds is 1. The van der Waals surface area contributed by atoms with Crippen LogP contribution in [-0.4, -0.2) is 0 Å². The van der Waals surface area contributed by atoms with Gasteiger partial charge in [-0.2, -0.15) is 0 Å². The fourth-order valence-corrected chi connectivity index (χ4v) is 4.60. The minimum Gasteiger partial charge on any atom is -0.0563 e. The van der Waals surface area contributed by atoms with Crippen molar-refractivity contribution in [2.45, 2.75) is 32.6 Å². The monoisotopic (exact) mass is 171 g/mol. The van der Waals surface area contributed by atoms with E-state index in [9.17, 15) is 0 Å². The summed E-state index contributed by atoms with van der Waals surface area (Å²) in [4.78, 5) is 3.33. The van der Waals surface area contributed by atoms with E-state index in [1.807, 2.05) is 20.7 Å². The van der Waals surface area contributed by atoms with E-state index in [0.29, 0.717) is 0 Å². The van der Waals surface area contributed by atoms with Crippen molar-refractivity contribution in [1.82, 2.24) is 0 Å². The molecular weight excluding hydrogens is 160 g/mol. The first-order valence-corrected chi connectivity index (χ1v) is 5.99. The number of fused-ring (bicyclic) bond motifs is 1. The Kier molecular flexibility index (Phi) is 1.75. The maximum atomic E-state index is 2.26. The van der Waals surface area contributed by atoms with Gasteiger partial charge in [-0.05, 0) is 19.3 Å². The Morgan fingerprint density at radius 2 is 2.40 bits per heavy atom. The Labute approximate surface area is 68.9 Å². The second-order valence-electron chi connectivity index (χ2n) is 2.70. The molecule has 1 aliphatic rings. The van der Waals surface area contributed by atoms with Gasteiger partial charge in [0.25, 0.3) is 10.3 Å². The third-order valence-corrected chi connectivity index (χ3v) is 5.00. The van der Waals surface area contributed by atoms with Gasteiger partial charge < -0.3 is 0 Å². The fourth-order valence-electron chi connectivity index (χ4n) is 1.53. The van der Waals surface area contributed by atoms with Crippen molar-refractivity contribution in [2.24, 2.45) is 0 Å². The molecule has 1 heterocycles. The molecule has 0 nitrogen and oxygen atoms in total. The molecule has 0 saturated carbocycles. The summed E-state index contributed by atoms with van der Waals surface area (Å²) in [6, 6.07) is 0. The highest BCUT2D eigenvalue weighted by atomic mass is 32.9. The summed E-state index contributed by atoms with van der Waals surface area (Å²) in [7, 11) is 4.00. The van der Waals surface area contributed by atoms with Gasteiger partial charge in [0.15, 0.2) is 10.3 Å². The second kappa shape index (κ2) is 2.59. The molecule has 0 saturated heterocycles. The summed E-state index contributed by atoms with van der Waals surface area (Å²) in [6.07, 6.45) is 5.37. The van der Waals surface area contributed by atoms with Crippen LogP contribution >= 0.6 is 20.7 Å². The summed E-state index contributed by atoms with van der Waals surface area (Å²) >= 11 is 0. The van der Waals surface area contributed by atoms with Crippen molar-refractivity contribution in [3.05, 3.63) is 15.3 Å². The van der Waals surface area contributed by atoms with Crippen molar-refractivity contribution in [3.8, 4) is 0 Å². The lowest BCUT2D eigenvalue weighted by molar-refractivity contribution is 0.910. The van der Waals surface area contributed by atoms with Crippen LogP contribution in [0.2, 0.25) is 0 Å². The van der Waals surface area contributed by atoms with Gasteiger partial charge in [-0.3, -0.25) is 0 Å². The molecule has 0 N–H and O–H groups in total. The molecule has 1 aliphatic carbocycles. The van der Waals surface area contributed by atoms with E-state index >= 15 is 0 Å². The van der Waals surface area contributed by atoms with Gasteiger partial charge in [-0.1, -0.05) is 6.92 Å². The lowest BCUT2D eigenvalue weighted by Gasteiger charge is -1.82. The van der Waals surface area contributed by atoms with E-state index in [4.69, 9.17) is 0 Å². The Hall–Kier alpha value is 0.0500. The highest BCUT2D eigenvalue weighted by Gasteiger charge is 2.25. The molecule has 10 heavy (non-hydrogen) atoms. The fraction of sp³-hybridized carbons (Fsp3) is 0.625. The molecule has 0 atom stereocenters. The van der Waals surface area contributed by atoms with Gasteiger partial charge in [0.2, 0.25) is 4.88 Å². The van der Waals surface area contributed by atoms with Crippen molar-refractivity contribution < 1.29 is 0 Å². The molecule has 54 valence electrons. The van der Waals surface area contributed by atoms with E-state index in [2.05, 4.69) is 6.92 Å². The predicted molar refractivity (Wildman–Crippen MR) is 48.0 cm³/mol. The van der Waals surface area contributed by atoms with Crippen LogP contribution in [0.5, 0.6) is 0 Å². The van der Waals surface area contributed by atoms with E-state index < -0.39 is 0 Å². The van der Waals surface area contributed by atoms with E-state index in [1.54, 1.807) is 15.3 Å². The first-order chi connectivity index (χ1) is 4.92. The number of hydrogen-bond acceptors (Lipinski definition) is 1. The van der Waals surface area contributed by atoms with Crippen LogP contribution in [0.15, 0.2) is 0 Å². The van der Waals surface area contributed by atoms with Crippen LogP contribution in [0.1, 0.15) is 28.7 Å². The highest BCUT2D eigenvalue weighted by Crippen LogP contribution is 2.35. The average Bonchev–Trinajstić information content (AvgIpc) is 2.44. The molecule has 0 unspecified atom stereocenters. The molecule has 0 aliphatic heterocycles. The number of hydrogen-bond donors (Lipinski definition) is 0. The topological polar surface area (TPSA) is 0 Å². The smallest absolute Gasteiger partial charge is 0.0563 e. The average molecular weight is 171 g/mol. The molecule has 2 heteroatoms. The standard InChI is InChI=1S/C8H11S2/c1-2-7-6-4-3-5-8(6)10-9-7/h2-5H2,1H3/q+1. The zero-order valence-electron chi connectivity index (χ0n) is 6.14. The van der Waals surface area contributed by atoms with Crippen molar-refractivity contribution in [1.29, 1.82) is 0 Å². The Morgan fingerprint density at radius 1 is 1.50 bits per heavy atom. The number of aryl methyl sites for hydroxylation is 2. The molecule has 1 aromatic heterocycles. The molecular formula is C8H11S2+. The maximum Gasteiger partial charge on any atom is 0.295 e. The van der Waals surface area contributed by atoms with Crippen LogP contribution < -0.4 is 0 Å². The molecule has 1 aromatic rings. The Balaban J connectivity index is 2.44. The minimum absolute atomic E-state index is 1.25. The Bertz CT molecular complexity index is 237. The molecule has 2 rings (SSSR count). The van der Waals surface area contributed by atoms with Gasteiger partial charge in [0, 0.05) is 12.0 Å². The third kappa shape index (κ3) is 0.903. The summed E-state index contributed by atoms with van der Waals surface area (Å²) < 4.78 is 0. The van der Waals surface area contributed by atoms with Crippen molar-refractivity contribution >= 4 is 20.7 Å². The minimum atomic E-state index is 1.25. The largest absolute Gasteiger partial charge is 0.295 e. The first kappa shape index (κ1) is 6.74. The molecule has 0 fully saturated rings. The first-order valence-electron chi connectivity index (χ1n) is 3.84. The van der Waals surface area contributed by atoms with Gasteiger partial charge in [-0.15, -0.1) is 0 Å². The summed E-state index contributed by atoms with van der Waals surface area (Å²) in [5, 5.41) is 0. The molecule has 0 aromatic carbocycles.